The number of rotatable bonds is 5. The maximum atomic E-state index is 12.8. The molecule has 0 spiro atoms. The zero-order valence-electron chi connectivity index (χ0n) is 16.3. The lowest BCUT2D eigenvalue weighted by Crippen LogP contribution is -2.23. The minimum Gasteiger partial charge on any atom is -0.326 e. The molecule has 2 heterocycles. The predicted molar refractivity (Wildman–Crippen MR) is 112 cm³/mol. The molecule has 4 rings (SSSR count). The highest BCUT2D eigenvalue weighted by Crippen LogP contribution is 2.14. The Morgan fingerprint density at radius 3 is 2.34 bits per heavy atom. The van der Waals surface area contributed by atoms with Crippen molar-refractivity contribution in [2.75, 3.05) is 5.32 Å². The molecular weight excluding hydrogens is 366 g/mol. The van der Waals surface area contributed by atoms with Gasteiger partial charge in [-0.3, -0.25) is 14.2 Å². The average molecular weight is 387 g/mol. The quantitative estimate of drug-likeness (QED) is 0.570. The molecular formula is C22H21N5O2. The molecule has 4 aromatic rings. The largest absolute Gasteiger partial charge is 0.326 e. The molecule has 1 amide bonds. The second-order valence-corrected chi connectivity index (χ2v) is 7.04. The highest BCUT2D eigenvalue weighted by molar-refractivity contribution is 5.90. The van der Waals surface area contributed by atoms with Crippen molar-refractivity contribution in [1.82, 2.24) is 19.3 Å². The van der Waals surface area contributed by atoms with Crippen molar-refractivity contribution in [3.05, 3.63) is 82.5 Å². The second kappa shape index (κ2) is 7.71. The van der Waals surface area contributed by atoms with Gasteiger partial charge in [0.2, 0.25) is 5.91 Å². The Morgan fingerprint density at radius 2 is 1.66 bits per heavy atom. The van der Waals surface area contributed by atoms with Gasteiger partial charge in [0.05, 0.1) is 18.2 Å². The maximum absolute atomic E-state index is 12.8. The number of anilines is 1. The first kappa shape index (κ1) is 18.6. The van der Waals surface area contributed by atoms with E-state index in [4.69, 9.17) is 0 Å². The first-order chi connectivity index (χ1) is 14.0. The number of nitrogens with zero attached hydrogens (tertiary/aromatic N) is 4. The van der Waals surface area contributed by atoms with E-state index in [2.05, 4.69) is 15.4 Å². The number of carbonyl (C=O) groups is 1. The predicted octanol–water partition coefficient (Wildman–Crippen LogP) is 3.23. The standard InChI is InChI=1S/C22H21N5O2/c1-15-3-7-17(8-4-15)25-20(28)11-12-26-14-23-21-19(22(26)29)13-24-27(21)18-9-5-16(2)6-10-18/h3-10,13-14H,11-12H2,1-2H3,(H,25,28). The minimum absolute atomic E-state index is 0.156. The lowest BCUT2D eigenvalue weighted by atomic mass is 10.2. The van der Waals surface area contributed by atoms with Crippen LogP contribution in [0.1, 0.15) is 17.5 Å². The molecule has 0 aliphatic carbocycles. The molecule has 1 N–H and O–H groups in total. The van der Waals surface area contributed by atoms with Gasteiger partial charge < -0.3 is 5.32 Å². The van der Waals surface area contributed by atoms with E-state index >= 15 is 0 Å². The molecule has 0 saturated carbocycles. The zero-order chi connectivity index (χ0) is 20.4. The Labute approximate surface area is 167 Å². The van der Waals surface area contributed by atoms with Crippen LogP contribution in [-0.4, -0.2) is 25.2 Å². The van der Waals surface area contributed by atoms with Crippen LogP contribution in [0, 0.1) is 13.8 Å². The van der Waals surface area contributed by atoms with E-state index in [-0.39, 0.29) is 24.4 Å². The molecule has 7 nitrogen and oxygen atoms in total. The summed E-state index contributed by atoms with van der Waals surface area (Å²) >= 11 is 0. The summed E-state index contributed by atoms with van der Waals surface area (Å²) < 4.78 is 3.09. The fraction of sp³-hybridized carbons (Fsp3) is 0.182. The zero-order valence-corrected chi connectivity index (χ0v) is 16.3. The molecule has 0 aliphatic heterocycles. The number of amides is 1. The fourth-order valence-corrected chi connectivity index (χ4v) is 3.07. The maximum Gasteiger partial charge on any atom is 0.264 e. The van der Waals surface area contributed by atoms with Gasteiger partial charge in [0, 0.05) is 18.7 Å². The Balaban J connectivity index is 1.51. The number of nitrogens with one attached hydrogen (secondary N) is 1. The van der Waals surface area contributed by atoms with Crippen molar-refractivity contribution in [1.29, 1.82) is 0 Å². The average Bonchev–Trinajstić information content (AvgIpc) is 3.15. The monoisotopic (exact) mass is 387 g/mol. The molecule has 146 valence electrons. The lowest BCUT2D eigenvalue weighted by molar-refractivity contribution is -0.116. The van der Waals surface area contributed by atoms with E-state index in [1.165, 1.54) is 17.1 Å². The van der Waals surface area contributed by atoms with Gasteiger partial charge in [-0.05, 0) is 38.1 Å². The van der Waals surface area contributed by atoms with Crippen molar-refractivity contribution >= 4 is 22.6 Å². The van der Waals surface area contributed by atoms with Crippen LogP contribution in [0.15, 0.2) is 65.8 Å². The summed E-state index contributed by atoms with van der Waals surface area (Å²) in [4.78, 5) is 29.4. The number of aryl methyl sites for hydroxylation is 3. The molecule has 2 aromatic carbocycles. The van der Waals surface area contributed by atoms with Gasteiger partial charge in [-0.25, -0.2) is 9.67 Å². The van der Waals surface area contributed by atoms with Crippen LogP contribution >= 0.6 is 0 Å². The number of hydrogen-bond donors (Lipinski definition) is 1. The van der Waals surface area contributed by atoms with Gasteiger partial charge in [-0.15, -0.1) is 0 Å². The molecule has 0 atom stereocenters. The van der Waals surface area contributed by atoms with Gasteiger partial charge in [0.1, 0.15) is 5.39 Å². The summed E-state index contributed by atoms with van der Waals surface area (Å²) in [6.45, 7) is 4.24. The third-order valence-corrected chi connectivity index (χ3v) is 4.75. The Bertz CT molecular complexity index is 1220. The lowest BCUT2D eigenvalue weighted by Gasteiger charge is -2.08. The summed E-state index contributed by atoms with van der Waals surface area (Å²) in [6.07, 6.45) is 3.16. The number of aromatic nitrogens is 4. The van der Waals surface area contributed by atoms with Crippen LogP contribution in [0.2, 0.25) is 0 Å². The fourth-order valence-electron chi connectivity index (χ4n) is 3.07. The molecule has 7 heteroatoms. The molecule has 0 fully saturated rings. The van der Waals surface area contributed by atoms with E-state index in [1.54, 1.807) is 4.68 Å². The molecule has 0 bridgehead atoms. The van der Waals surface area contributed by atoms with Gasteiger partial charge in [0.15, 0.2) is 5.65 Å². The Hall–Kier alpha value is -3.74. The first-order valence-electron chi connectivity index (χ1n) is 9.38. The van der Waals surface area contributed by atoms with E-state index < -0.39 is 0 Å². The van der Waals surface area contributed by atoms with Gasteiger partial charge in [-0.1, -0.05) is 35.4 Å². The Morgan fingerprint density at radius 1 is 1.00 bits per heavy atom. The van der Waals surface area contributed by atoms with Gasteiger partial charge in [-0.2, -0.15) is 5.10 Å². The van der Waals surface area contributed by atoms with E-state index in [0.717, 1.165) is 22.5 Å². The van der Waals surface area contributed by atoms with Crippen molar-refractivity contribution in [2.24, 2.45) is 0 Å². The van der Waals surface area contributed by atoms with Gasteiger partial charge >= 0.3 is 0 Å². The van der Waals surface area contributed by atoms with E-state index in [9.17, 15) is 9.59 Å². The van der Waals surface area contributed by atoms with Crippen LogP contribution < -0.4 is 10.9 Å². The molecule has 0 unspecified atom stereocenters. The summed E-state index contributed by atoms with van der Waals surface area (Å²) in [5.41, 5.74) is 4.13. The van der Waals surface area contributed by atoms with Crippen LogP contribution in [0.4, 0.5) is 5.69 Å². The first-order valence-corrected chi connectivity index (χ1v) is 9.38. The van der Waals surface area contributed by atoms with Crippen LogP contribution in [0.5, 0.6) is 0 Å². The topological polar surface area (TPSA) is 81.8 Å². The third-order valence-electron chi connectivity index (χ3n) is 4.75. The van der Waals surface area contributed by atoms with Crippen LogP contribution in [0.3, 0.4) is 0 Å². The third kappa shape index (κ3) is 3.94. The van der Waals surface area contributed by atoms with E-state index in [0.29, 0.717) is 11.0 Å². The molecule has 0 aliphatic rings. The number of carbonyl (C=O) groups excluding carboxylic acids is 1. The molecule has 29 heavy (non-hydrogen) atoms. The number of benzene rings is 2. The Kier molecular flexibility index (Phi) is 4.95. The molecule has 2 aromatic heterocycles. The van der Waals surface area contributed by atoms with Crippen molar-refractivity contribution in [3.8, 4) is 5.69 Å². The van der Waals surface area contributed by atoms with Crippen LogP contribution in [0.25, 0.3) is 16.7 Å². The number of hydrogen-bond acceptors (Lipinski definition) is 4. The normalized spacial score (nSPS) is 11.0. The smallest absolute Gasteiger partial charge is 0.264 e. The second-order valence-electron chi connectivity index (χ2n) is 7.04. The summed E-state index contributed by atoms with van der Waals surface area (Å²) in [5, 5.41) is 7.58. The number of fused-ring (bicyclic) bond motifs is 1. The van der Waals surface area contributed by atoms with Crippen molar-refractivity contribution in [2.45, 2.75) is 26.8 Å². The summed E-state index contributed by atoms with van der Waals surface area (Å²) in [6, 6.07) is 15.4. The van der Waals surface area contributed by atoms with Crippen molar-refractivity contribution in [3.63, 3.8) is 0 Å². The van der Waals surface area contributed by atoms with E-state index in [1.807, 2.05) is 62.4 Å². The van der Waals surface area contributed by atoms with Crippen LogP contribution in [-0.2, 0) is 11.3 Å². The van der Waals surface area contributed by atoms with Crippen molar-refractivity contribution < 1.29 is 4.79 Å². The highest BCUT2D eigenvalue weighted by atomic mass is 16.2. The van der Waals surface area contributed by atoms with Gasteiger partial charge in [0.25, 0.3) is 5.56 Å². The molecule has 0 saturated heterocycles. The highest BCUT2D eigenvalue weighted by Gasteiger charge is 2.12. The molecule has 0 radical (unpaired) electrons. The summed E-state index contributed by atoms with van der Waals surface area (Å²) in [7, 11) is 0. The summed E-state index contributed by atoms with van der Waals surface area (Å²) in [5.74, 6) is -0.156. The minimum atomic E-state index is -0.212. The SMILES string of the molecule is Cc1ccc(NC(=O)CCn2cnc3c(cnn3-c3ccc(C)cc3)c2=O)cc1.